The van der Waals surface area contributed by atoms with Gasteiger partial charge in [0.2, 0.25) is 11.7 Å². The number of benzene rings is 1. The molecular formula is C18H26ClN3O3. The van der Waals surface area contributed by atoms with Crippen LogP contribution in [0.25, 0.3) is 11.4 Å². The molecule has 0 bridgehead atoms. The minimum absolute atomic E-state index is 0. The highest BCUT2D eigenvalue weighted by Crippen LogP contribution is 2.31. The van der Waals surface area contributed by atoms with Crippen LogP contribution in [0.3, 0.4) is 0 Å². The largest absolute Gasteiger partial charge is 0.493 e. The van der Waals surface area contributed by atoms with Crippen LogP contribution in [0.1, 0.15) is 25.7 Å². The summed E-state index contributed by atoms with van der Waals surface area (Å²) in [6.07, 6.45) is 3.33. The molecule has 1 aromatic heterocycles. The van der Waals surface area contributed by atoms with Gasteiger partial charge in [0.15, 0.2) is 11.5 Å². The van der Waals surface area contributed by atoms with Crippen LogP contribution in [0.15, 0.2) is 22.7 Å². The molecule has 2 heterocycles. The minimum atomic E-state index is 0. The predicted octanol–water partition coefficient (Wildman–Crippen LogP) is 3.35. The summed E-state index contributed by atoms with van der Waals surface area (Å²) >= 11 is 0. The van der Waals surface area contributed by atoms with Crippen molar-refractivity contribution in [1.82, 2.24) is 15.5 Å². The van der Waals surface area contributed by atoms with Crippen molar-refractivity contribution in [2.45, 2.75) is 26.2 Å². The van der Waals surface area contributed by atoms with Gasteiger partial charge in [0.1, 0.15) is 0 Å². The Balaban J connectivity index is 0.00000225. The molecule has 7 heteroatoms. The maximum absolute atomic E-state index is 5.46. The van der Waals surface area contributed by atoms with E-state index < -0.39 is 0 Å². The lowest BCUT2D eigenvalue weighted by atomic mass is 9.85. The lowest BCUT2D eigenvalue weighted by molar-refractivity contribution is 0.257. The number of methoxy groups -OCH3 is 2. The van der Waals surface area contributed by atoms with E-state index in [0.29, 0.717) is 35.0 Å². The number of rotatable bonds is 6. The zero-order valence-corrected chi connectivity index (χ0v) is 15.8. The van der Waals surface area contributed by atoms with Gasteiger partial charge in [-0.3, -0.25) is 0 Å². The van der Waals surface area contributed by atoms with Crippen molar-refractivity contribution in [2.75, 3.05) is 27.3 Å². The van der Waals surface area contributed by atoms with Crippen LogP contribution in [0.2, 0.25) is 0 Å². The van der Waals surface area contributed by atoms with Crippen LogP contribution < -0.4 is 14.8 Å². The number of hydrogen-bond acceptors (Lipinski definition) is 6. The van der Waals surface area contributed by atoms with E-state index in [0.717, 1.165) is 25.1 Å². The van der Waals surface area contributed by atoms with E-state index in [1.807, 2.05) is 18.2 Å². The van der Waals surface area contributed by atoms with Crippen LogP contribution in [-0.4, -0.2) is 37.4 Å². The zero-order chi connectivity index (χ0) is 16.9. The first-order valence-corrected chi connectivity index (χ1v) is 8.47. The quantitative estimate of drug-likeness (QED) is 0.844. The molecular weight excluding hydrogens is 342 g/mol. The molecule has 0 spiro atoms. The smallest absolute Gasteiger partial charge is 0.227 e. The lowest BCUT2D eigenvalue weighted by Gasteiger charge is -2.27. The Kier molecular flexibility index (Phi) is 7.08. The molecule has 1 aliphatic rings. The van der Waals surface area contributed by atoms with Gasteiger partial charge in [-0.1, -0.05) is 12.1 Å². The molecule has 138 valence electrons. The first-order chi connectivity index (χ1) is 11.7. The number of hydrogen-bond donors (Lipinski definition) is 1. The van der Waals surface area contributed by atoms with Crippen molar-refractivity contribution in [2.24, 2.45) is 11.8 Å². The molecule has 0 aliphatic carbocycles. The van der Waals surface area contributed by atoms with E-state index in [9.17, 15) is 0 Å². The number of nitrogens with zero attached hydrogens (tertiary/aromatic N) is 2. The fourth-order valence-corrected chi connectivity index (χ4v) is 3.24. The number of aromatic nitrogens is 2. The predicted molar refractivity (Wildman–Crippen MR) is 98.5 cm³/mol. The summed E-state index contributed by atoms with van der Waals surface area (Å²) in [5.74, 6) is 3.82. The van der Waals surface area contributed by atoms with E-state index in [4.69, 9.17) is 14.0 Å². The fourth-order valence-electron chi connectivity index (χ4n) is 3.24. The highest BCUT2D eigenvalue weighted by molar-refractivity contribution is 5.85. The maximum Gasteiger partial charge on any atom is 0.227 e. The second-order valence-corrected chi connectivity index (χ2v) is 6.37. The highest BCUT2D eigenvalue weighted by Gasteiger charge is 2.22. The minimum Gasteiger partial charge on any atom is -0.493 e. The van der Waals surface area contributed by atoms with E-state index in [-0.39, 0.29) is 12.4 Å². The van der Waals surface area contributed by atoms with Gasteiger partial charge in [0.25, 0.3) is 0 Å². The molecule has 0 radical (unpaired) electrons. The van der Waals surface area contributed by atoms with Crippen LogP contribution >= 0.6 is 12.4 Å². The third-order valence-corrected chi connectivity index (χ3v) is 4.75. The molecule has 1 saturated heterocycles. The molecule has 1 N–H and O–H groups in total. The SMILES string of the molecule is COc1ccc(-c2noc(CC(C)C3CCCNC3)n2)cc1OC.Cl. The molecule has 0 saturated carbocycles. The molecule has 6 nitrogen and oxygen atoms in total. The first-order valence-electron chi connectivity index (χ1n) is 8.47. The number of ether oxygens (including phenoxy) is 2. The van der Waals surface area contributed by atoms with Gasteiger partial charge in [-0.2, -0.15) is 4.98 Å². The van der Waals surface area contributed by atoms with E-state index >= 15 is 0 Å². The Labute approximate surface area is 154 Å². The topological polar surface area (TPSA) is 69.4 Å². The van der Waals surface area contributed by atoms with E-state index in [1.165, 1.54) is 12.8 Å². The fraction of sp³-hybridized carbons (Fsp3) is 0.556. The number of piperidine rings is 1. The Bertz CT molecular complexity index is 671. The molecule has 1 aliphatic heterocycles. The standard InChI is InChI=1S/C18H25N3O3.ClH/c1-12(14-5-4-8-19-11-14)9-17-20-18(21-24-17)13-6-7-15(22-2)16(10-13)23-3;/h6-7,10,12,14,19H,4-5,8-9,11H2,1-3H3;1H. The summed E-state index contributed by atoms with van der Waals surface area (Å²) < 4.78 is 16.0. The maximum atomic E-state index is 5.46. The summed E-state index contributed by atoms with van der Waals surface area (Å²) in [7, 11) is 3.23. The van der Waals surface area contributed by atoms with Gasteiger partial charge in [-0.25, -0.2) is 0 Å². The van der Waals surface area contributed by atoms with Crippen molar-refractivity contribution in [3.8, 4) is 22.9 Å². The Hall–Kier alpha value is -1.79. The van der Waals surface area contributed by atoms with Crippen molar-refractivity contribution >= 4 is 12.4 Å². The zero-order valence-electron chi connectivity index (χ0n) is 14.9. The molecule has 1 aromatic carbocycles. The molecule has 2 unspecified atom stereocenters. The lowest BCUT2D eigenvalue weighted by Crippen LogP contribution is -2.33. The van der Waals surface area contributed by atoms with Gasteiger partial charge in [0.05, 0.1) is 14.2 Å². The second kappa shape index (κ2) is 9.06. The van der Waals surface area contributed by atoms with Crippen molar-refractivity contribution in [1.29, 1.82) is 0 Å². The van der Waals surface area contributed by atoms with Gasteiger partial charge in [-0.15, -0.1) is 12.4 Å². The van der Waals surface area contributed by atoms with Crippen molar-refractivity contribution in [3.63, 3.8) is 0 Å². The van der Waals surface area contributed by atoms with Crippen LogP contribution in [-0.2, 0) is 6.42 Å². The Morgan fingerprint density at radius 2 is 2.08 bits per heavy atom. The summed E-state index contributed by atoms with van der Waals surface area (Å²) in [6.45, 7) is 4.48. The summed E-state index contributed by atoms with van der Waals surface area (Å²) in [5, 5.41) is 7.58. The van der Waals surface area contributed by atoms with Crippen molar-refractivity contribution in [3.05, 3.63) is 24.1 Å². The Morgan fingerprint density at radius 1 is 1.28 bits per heavy atom. The number of nitrogens with one attached hydrogen (secondary N) is 1. The average molecular weight is 368 g/mol. The molecule has 2 atom stereocenters. The molecule has 25 heavy (non-hydrogen) atoms. The van der Waals surface area contributed by atoms with Crippen molar-refractivity contribution < 1.29 is 14.0 Å². The first kappa shape index (κ1) is 19.5. The molecule has 0 amide bonds. The monoisotopic (exact) mass is 367 g/mol. The van der Waals surface area contributed by atoms with Gasteiger partial charge in [0, 0.05) is 12.0 Å². The van der Waals surface area contributed by atoms with E-state index in [2.05, 4.69) is 22.4 Å². The van der Waals surface area contributed by atoms with Gasteiger partial charge < -0.3 is 19.3 Å². The van der Waals surface area contributed by atoms with Crippen LogP contribution in [0.4, 0.5) is 0 Å². The molecule has 3 rings (SSSR count). The second-order valence-electron chi connectivity index (χ2n) is 6.37. The average Bonchev–Trinajstić information content (AvgIpc) is 3.10. The summed E-state index contributed by atoms with van der Waals surface area (Å²) in [4.78, 5) is 4.55. The molecule has 1 fully saturated rings. The van der Waals surface area contributed by atoms with Gasteiger partial charge >= 0.3 is 0 Å². The summed E-state index contributed by atoms with van der Waals surface area (Å²) in [6, 6.07) is 5.62. The normalized spacial score (nSPS) is 18.3. The van der Waals surface area contributed by atoms with E-state index in [1.54, 1.807) is 14.2 Å². The number of halogens is 1. The summed E-state index contributed by atoms with van der Waals surface area (Å²) in [5.41, 5.74) is 0.856. The highest BCUT2D eigenvalue weighted by atomic mass is 35.5. The van der Waals surface area contributed by atoms with Crippen LogP contribution in [0, 0.1) is 11.8 Å². The Morgan fingerprint density at radius 3 is 2.76 bits per heavy atom. The third-order valence-electron chi connectivity index (χ3n) is 4.75. The molecule has 2 aromatic rings. The third kappa shape index (κ3) is 4.64. The van der Waals surface area contributed by atoms with Gasteiger partial charge in [-0.05, 0) is 56.0 Å². The van der Waals surface area contributed by atoms with Crippen LogP contribution in [0.5, 0.6) is 11.5 Å².